The summed E-state index contributed by atoms with van der Waals surface area (Å²) >= 11 is 0. The average Bonchev–Trinajstić information content (AvgIpc) is 3.18. The molecule has 4 nitrogen and oxygen atoms in total. The molecule has 0 atom stereocenters. The van der Waals surface area contributed by atoms with Crippen molar-refractivity contribution in [3.8, 4) is 0 Å². The van der Waals surface area contributed by atoms with Gasteiger partial charge >= 0.3 is 7.12 Å². The minimum atomic E-state index is -0.339. The van der Waals surface area contributed by atoms with E-state index in [0.717, 1.165) is 24.0 Å². The minimum absolute atomic E-state index is 0.0294. The molecule has 2 heterocycles. The van der Waals surface area contributed by atoms with E-state index in [1.165, 1.54) is 5.56 Å². The highest BCUT2D eigenvalue weighted by atomic mass is 16.7. The molecule has 1 spiro atoms. The van der Waals surface area contributed by atoms with Crippen molar-refractivity contribution in [2.75, 3.05) is 7.05 Å². The Kier molecular flexibility index (Phi) is 2.91. The van der Waals surface area contributed by atoms with Gasteiger partial charge in [0.05, 0.1) is 16.7 Å². The third kappa shape index (κ3) is 1.96. The zero-order valence-corrected chi connectivity index (χ0v) is 14.6. The van der Waals surface area contributed by atoms with Gasteiger partial charge in [-0.1, -0.05) is 18.2 Å². The predicted molar refractivity (Wildman–Crippen MR) is 89.2 cm³/mol. The van der Waals surface area contributed by atoms with Crippen molar-refractivity contribution in [1.29, 1.82) is 0 Å². The maximum absolute atomic E-state index is 12.7. The number of rotatable bonds is 2. The molecular formula is C18H24BNO3. The van der Waals surface area contributed by atoms with Gasteiger partial charge in [-0.15, -0.1) is 0 Å². The molecule has 1 aromatic carbocycles. The second-order valence-corrected chi connectivity index (χ2v) is 8.13. The number of hydrogen-bond acceptors (Lipinski definition) is 3. The molecular weight excluding hydrogens is 289 g/mol. The van der Waals surface area contributed by atoms with Crippen molar-refractivity contribution in [2.24, 2.45) is 0 Å². The normalized spacial score (nSPS) is 26.0. The summed E-state index contributed by atoms with van der Waals surface area (Å²) in [6, 6.07) is 6.21. The first-order valence-corrected chi connectivity index (χ1v) is 8.44. The fourth-order valence-electron chi connectivity index (χ4n) is 3.90. The third-order valence-corrected chi connectivity index (χ3v) is 6.22. The van der Waals surface area contributed by atoms with Gasteiger partial charge in [0.1, 0.15) is 0 Å². The van der Waals surface area contributed by atoms with Crippen molar-refractivity contribution in [1.82, 2.24) is 4.90 Å². The molecule has 1 aliphatic carbocycles. The van der Waals surface area contributed by atoms with E-state index in [1.54, 1.807) is 0 Å². The highest BCUT2D eigenvalue weighted by Gasteiger charge is 2.57. The van der Waals surface area contributed by atoms with Gasteiger partial charge in [-0.2, -0.15) is 0 Å². The largest absolute Gasteiger partial charge is 0.462 e. The van der Waals surface area contributed by atoms with E-state index in [4.69, 9.17) is 9.31 Å². The molecule has 2 aliphatic heterocycles. The molecule has 3 aliphatic rings. The molecule has 122 valence electrons. The fourth-order valence-corrected chi connectivity index (χ4v) is 3.90. The smallest absolute Gasteiger partial charge is 0.403 e. The van der Waals surface area contributed by atoms with Gasteiger partial charge in [0.25, 0.3) is 5.91 Å². The van der Waals surface area contributed by atoms with E-state index in [-0.39, 0.29) is 29.8 Å². The van der Waals surface area contributed by atoms with Gasteiger partial charge < -0.3 is 14.2 Å². The maximum atomic E-state index is 12.7. The lowest BCUT2D eigenvalue weighted by Crippen LogP contribution is -2.41. The Morgan fingerprint density at radius 2 is 1.74 bits per heavy atom. The van der Waals surface area contributed by atoms with Crippen molar-refractivity contribution in [2.45, 2.75) is 63.6 Å². The molecule has 0 aromatic heterocycles. The van der Waals surface area contributed by atoms with Crippen LogP contribution in [0.3, 0.4) is 0 Å². The summed E-state index contributed by atoms with van der Waals surface area (Å²) in [5.41, 5.74) is 2.41. The summed E-state index contributed by atoms with van der Waals surface area (Å²) in [6.07, 6.45) is 2.76. The van der Waals surface area contributed by atoms with Crippen LogP contribution in [0.1, 0.15) is 62.0 Å². The monoisotopic (exact) mass is 313 g/mol. The van der Waals surface area contributed by atoms with Crippen molar-refractivity contribution < 1.29 is 14.1 Å². The molecule has 0 unspecified atom stereocenters. The number of carbonyl (C=O) groups is 1. The van der Waals surface area contributed by atoms with E-state index in [9.17, 15) is 4.79 Å². The second kappa shape index (κ2) is 4.39. The number of hydrogen-bond donors (Lipinski definition) is 0. The summed E-state index contributed by atoms with van der Waals surface area (Å²) in [5, 5.41) is 0. The first-order valence-electron chi connectivity index (χ1n) is 8.44. The van der Waals surface area contributed by atoms with Gasteiger partial charge in [0.15, 0.2) is 0 Å². The molecule has 23 heavy (non-hydrogen) atoms. The number of benzene rings is 1. The quantitative estimate of drug-likeness (QED) is 0.788. The van der Waals surface area contributed by atoms with Gasteiger partial charge in [0, 0.05) is 18.9 Å². The van der Waals surface area contributed by atoms with Crippen LogP contribution in [-0.4, -0.2) is 36.2 Å². The third-order valence-electron chi connectivity index (χ3n) is 6.22. The van der Waals surface area contributed by atoms with Crippen LogP contribution in [0, 0.1) is 0 Å². The van der Waals surface area contributed by atoms with Gasteiger partial charge in [-0.05, 0) is 51.7 Å². The molecule has 0 N–H and O–H groups in total. The van der Waals surface area contributed by atoms with E-state index >= 15 is 0 Å². The summed E-state index contributed by atoms with van der Waals surface area (Å²) in [5.74, 6) is 0.143. The van der Waals surface area contributed by atoms with E-state index < -0.39 is 0 Å². The lowest BCUT2D eigenvalue weighted by Gasteiger charge is -2.32. The number of nitrogens with zero attached hydrogens (tertiary/aromatic N) is 1. The molecule has 0 bridgehead atoms. The van der Waals surface area contributed by atoms with Crippen molar-refractivity contribution in [3.63, 3.8) is 0 Å². The zero-order chi connectivity index (χ0) is 16.6. The Morgan fingerprint density at radius 3 is 2.30 bits per heavy atom. The predicted octanol–water partition coefficient (Wildman–Crippen LogP) is 2.94. The van der Waals surface area contributed by atoms with E-state index in [0.29, 0.717) is 6.32 Å². The molecule has 1 amide bonds. The Hall–Kier alpha value is -1.33. The number of fused-ring (bicyclic) bond motifs is 2. The summed E-state index contributed by atoms with van der Waals surface area (Å²) < 4.78 is 12.2. The Balaban J connectivity index is 1.66. The highest BCUT2D eigenvalue weighted by molar-refractivity contribution is 6.45. The highest BCUT2D eigenvalue weighted by Crippen LogP contribution is 2.56. The van der Waals surface area contributed by atoms with Crippen LogP contribution in [0.5, 0.6) is 0 Å². The first-order chi connectivity index (χ1) is 10.7. The Labute approximate surface area is 138 Å². The van der Waals surface area contributed by atoms with Crippen LogP contribution in [0.15, 0.2) is 18.2 Å². The summed E-state index contributed by atoms with van der Waals surface area (Å²) in [6.45, 7) is 8.22. The van der Waals surface area contributed by atoms with Crippen molar-refractivity contribution in [3.05, 3.63) is 34.9 Å². The number of amides is 1. The van der Waals surface area contributed by atoms with E-state index in [2.05, 4.69) is 39.8 Å². The molecule has 1 aromatic rings. The molecule has 2 fully saturated rings. The van der Waals surface area contributed by atoms with Crippen LogP contribution in [0.25, 0.3) is 0 Å². The Bertz CT molecular complexity index is 678. The fraction of sp³-hybridized carbons (Fsp3) is 0.611. The SMILES string of the molecule is CN1C(=O)c2c(CB3OC(C)(C)C(C)(C)O3)cccc2C12CC2. The average molecular weight is 313 g/mol. The topological polar surface area (TPSA) is 38.8 Å². The first kappa shape index (κ1) is 15.2. The second-order valence-electron chi connectivity index (χ2n) is 8.13. The molecule has 4 rings (SSSR count). The summed E-state index contributed by atoms with van der Waals surface area (Å²) in [4.78, 5) is 14.7. The zero-order valence-electron chi connectivity index (χ0n) is 14.6. The van der Waals surface area contributed by atoms with Crippen LogP contribution in [-0.2, 0) is 21.2 Å². The molecule has 1 saturated carbocycles. The van der Waals surface area contributed by atoms with Crippen LogP contribution in [0.2, 0.25) is 0 Å². The summed E-state index contributed by atoms with van der Waals surface area (Å²) in [7, 11) is 1.62. The lowest BCUT2D eigenvalue weighted by molar-refractivity contribution is 0.00578. The van der Waals surface area contributed by atoms with Gasteiger partial charge in [-0.25, -0.2) is 0 Å². The molecule has 5 heteroatoms. The number of carbonyl (C=O) groups excluding carboxylic acids is 1. The van der Waals surface area contributed by atoms with Crippen LogP contribution < -0.4 is 0 Å². The lowest BCUT2D eigenvalue weighted by atomic mass is 9.78. The minimum Gasteiger partial charge on any atom is -0.403 e. The van der Waals surface area contributed by atoms with Gasteiger partial charge in [-0.3, -0.25) is 4.79 Å². The van der Waals surface area contributed by atoms with Crippen LogP contribution in [0.4, 0.5) is 0 Å². The van der Waals surface area contributed by atoms with E-state index in [1.807, 2.05) is 18.0 Å². The maximum Gasteiger partial charge on any atom is 0.462 e. The molecule has 0 radical (unpaired) electrons. The van der Waals surface area contributed by atoms with Gasteiger partial charge in [0.2, 0.25) is 0 Å². The standard InChI is InChI=1S/C18H24BNO3/c1-16(2)17(3,4)23-19(22-16)11-12-7-6-8-13-14(12)15(21)20(5)18(13)9-10-18/h6-8H,9-11H2,1-5H3. The van der Waals surface area contributed by atoms with Crippen molar-refractivity contribution >= 4 is 13.0 Å². The Morgan fingerprint density at radius 1 is 1.13 bits per heavy atom. The molecule has 1 saturated heterocycles. The van der Waals surface area contributed by atoms with Crippen LogP contribution >= 0.6 is 0 Å².